The highest BCUT2D eigenvalue weighted by Crippen LogP contribution is 2.08. The molecule has 0 amide bonds. The second-order valence-electron chi connectivity index (χ2n) is 4.37. The fourth-order valence-corrected chi connectivity index (χ4v) is 1.59. The summed E-state index contributed by atoms with van der Waals surface area (Å²) in [6.45, 7) is 10.6. The molecular weight excluding hydrogens is 186 g/mol. The van der Waals surface area contributed by atoms with E-state index < -0.39 is 0 Å². The van der Waals surface area contributed by atoms with Gasteiger partial charge in [0.2, 0.25) is 0 Å². The Morgan fingerprint density at radius 1 is 1.20 bits per heavy atom. The van der Waals surface area contributed by atoms with Crippen molar-refractivity contribution in [2.24, 2.45) is 5.92 Å². The predicted molar refractivity (Wildman–Crippen MR) is 62.9 cm³/mol. The van der Waals surface area contributed by atoms with Gasteiger partial charge >= 0.3 is 0 Å². The van der Waals surface area contributed by atoms with Crippen LogP contribution in [0.15, 0.2) is 6.33 Å². The molecule has 0 aromatic carbocycles. The van der Waals surface area contributed by atoms with Crippen LogP contribution in [0.1, 0.15) is 30.8 Å². The van der Waals surface area contributed by atoms with Gasteiger partial charge in [0, 0.05) is 11.4 Å². The molecule has 0 aliphatic rings. The van der Waals surface area contributed by atoms with Crippen LogP contribution in [-0.4, -0.2) is 23.1 Å². The van der Waals surface area contributed by atoms with Gasteiger partial charge in [-0.3, -0.25) is 0 Å². The van der Waals surface area contributed by atoms with Crippen LogP contribution in [0.25, 0.3) is 0 Å². The smallest absolute Gasteiger partial charge is 0.115 e. The quantitative estimate of drug-likeness (QED) is 0.749. The van der Waals surface area contributed by atoms with E-state index in [9.17, 15) is 0 Å². The molecule has 1 heterocycles. The molecule has 0 spiro atoms. The van der Waals surface area contributed by atoms with Crippen molar-refractivity contribution in [3.63, 3.8) is 0 Å². The number of aryl methyl sites for hydroxylation is 2. The van der Waals surface area contributed by atoms with Crippen molar-refractivity contribution in [3.05, 3.63) is 23.3 Å². The second-order valence-corrected chi connectivity index (χ2v) is 4.37. The molecule has 3 nitrogen and oxygen atoms in total. The highest BCUT2D eigenvalue weighted by atomic mass is 14.9. The Labute approximate surface area is 92.3 Å². The number of rotatable bonds is 5. The highest BCUT2D eigenvalue weighted by molar-refractivity contribution is 5.22. The lowest BCUT2D eigenvalue weighted by Gasteiger charge is -2.10. The van der Waals surface area contributed by atoms with Crippen molar-refractivity contribution >= 4 is 0 Å². The van der Waals surface area contributed by atoms with Gasteiger partial charge in [0.1, 0.15) is 6.33 Å². The predicted octanol–water partition coefficient (Wildman–Crippen LogP) is 1.88. The fourth-order valence-electron chi connectivity index (χ4n) is 1.59. The van der Waals surface area contributed by atoms with Crippen molar-refractivity contribution < 1.29 is 0 Å². The van der Waals surface area contributed by atoms with Gasteiger partial charge in [-0.15, -0.1) is 0 Å². The average molecular weight is 207 g/mol. The van der Waals surface area contributed by atoms with E-state index in [0.29, 0.717) is 5.92 Å². The number of nitrogens with one attached hydrogen (secondary N) is 1. The molecule has 0 fully saturated rings. The largest absolute Gasteiger partial charge is 0.316 e. The molecule has 0 aliphatic heterocycles. The van der Waals surface area contributed by atoms with Crippen LogP contribution in [0.2, 0.25) is 0 Å². The van der Waals surface area contributed by atoms with Crippen LogP contribution >= 0.6 is 0 Å². The summed E-state index contributed by atoms with van der Waals surface area (Å²) in [6, 6.07) is 0. The molecule has 3 heteroatoms. The van der Waals surface area contributed by atoms with E-state index in [1.165, 1.54) is 5.56 Å². The molecule has 0 bridgehead atoms. The van der Waals surface area contributed by atoms with E-state index in [-0.39, 0.29) is 0 Å². The van der Waals surface area contributed by atoms with Gasteiger partial charge in [0.05, 0.1) is 0 Å². The molecular formula is C12H21N3. The SMILES string of the molecule is Cc1ncnc(C)c1CCNCC(C)C. The van der Waals surface area contributed by atoms with Gasteiger partial charge in [-0.05, 0) is 44.8 Å². The molecule has 84 valence electrons. The third-order valence-corrected chi connectivity index (χ3v) is 2.48. The molecule has 0 radical (unpaired) electrons. The molecule has 0 aliphatic carbocycles. The summed E-state index contributed by atoms with van der Waals surface area (Å²) in [4.78, 5) is 8.43. The summed E-state index contributed by atoms with van der Waals surface area (Å²) in [7, 11) is 0. The molecule has 0 saturated heterocycles. The van der Waals surface area contributed by atoms with Crippen LogP contribution in [-0.2, 0) is 6.42 Å². The number of hydrogen-bond acceptors (Lipinski definition) is 3. The Balaban J connectivity index is 2.43. The maximum atomic E-state index is 4.21. The van der Waals surface area contributed by atoms with Crippen LogP contribution in [0.4, 0.5) is 0 Å². The summed E-state index contributed by atoms with van der Waals surface area (Å²) in [5.74, 6) is 0.708. The van der Waals surface area contributed by atoms with Crippen molar-refractivity contribution in [1.82, 2.24) is 15.3 Å². The topological polar surface area (TPSA) is 37.8 Å². The molecule has 15 heavy (non-hydrogen) atoms. The zero-order valence-electron chi connectivity index (χ0n) is 10.2. The Bertz CT molecular complexity index is 287. The van der Waals surface area contributed by atoms with Gasteiger partial charge < -0.3 is 5.32 Å². The number of aromatic nitrogens is 2. The van der Waals surface area contributed by atoms with E-state index in [4.69, 9.17) is 0 Å². The summed E-state index contributed by atoms with van der Waals surface area (Å²) < 4.78 is 0. The van der Waals surface area contributed by atoms with Crippen LogP contribution in [0, 0.1) is 19.8 Å². The Kier molecular flexibility index (Phi) is 4.69. The second kappa shape index (κ2) is 5.81. The third kappa shape index (κ3) is 3.96. The molecule has 0 saturated carbocycles. The molecule has 0 unspecified atom stereocenters. The van der Waals surface area contributed by atoms with Crippen LogP contribution < -0.4 is 5.32 Å². The van der Waals surface area contributed by atoms with Crippen LogP contribution in [0.3, 0.4) is 0 Å². The normalized spacial score (nSPS) is 11.0. The molecule has 1 aromatic rings. The minimum Gasteiger partial charge on any atom is -0.316 e. The van der Waals surface area contributed by atoms with Crippen molar-refractivity contribution in [1.29, 1.82) is 0 Å². The maximum Gasteiger partial charge on any atom is 0.115 e. The Hall–Kier alpha value is -0.960. The summed E-state index contributed by atoms with van der Waals surface area (Å²) in [6.07, 6.45) is 2.65. The minimum absolute atomic E-state index is 0.708. The lowest BCUT2D eigenvalue weighted by atomic mass is 10.1. The number of hydrogen-bond donors (Lipinski definition) is 1. The maximum absolute atomic E-state index is 4.21. The average Bonchev–Trinajstić information content (AvgIpc) is 2.15. The van der Waals surface area contributed by atoms with Crippen molar-refractivity contribution in [2.45, 2.75) is 34.1 Å². The first kappa shape index (κ1) is 12.1. The molecule has 1 rings (SSSR count). The Morgan fingerprint density at radius 3 is 2.33 bits per heavy atom. The minimum atomic E-state index is 0.708. The van der Waals surface area contributed by atoms with Gasteiger partial charge in [-0.25, -0.2) is 9.97 Å². The Morgan fingerprint density at radius 2 is 1.80 bits per heavy atom. The van der Waals surface area contributed by atoms with E-state index >= 15 is 0 Å². The zero-order valence-corrected chi connectivity index (χ0v) is 10.2. The molecule has 0 atom stereocenters. The number of nitrogens with zero attached hydrogens (tertiary/aromatic N) is 2. The zero-order chi connectivity index (χ0) is 11.3. The standard InChI is InChI=1S/C12H21N3/c1-9(2)7-13-6-5-12-10(3)14-8-15-11(12)4/h8-9,13H,5-7H2,1-4H3. The fraction of sp³-hybridized carbons (Fsp3) is 0.667. The van der Waals surface area contributed by atoms with E-state index in [0.717, 1.165) is 30.9 Å². The molecule has 1 aromatic heterocycles. The lowest BCUT2D eigenvalue weighted by molar-refractivity contribution is 0.553. The van der Waals surface area contributed by atoms with Gasteiger partial charge in [0.25, 0.3) is 0 Å². The monoisotopic (exact) mass is 207 g/mol. The first-order valence-corrected chi connectivity index (χ1v) is 5.59. The third-order valence-electron chi connectivity index (χ3n) is 2.48. The highest BCUT2D eigenvalue weighted by Gasteiger charge is 2.03. The summed E-state index contributed by atoms with van der Waals surface area (Å²) in [5, 5.41) is 3.43. The van der Waals surface area contributed by atoms with Crippen molar-refractivity contribution in [2.75, 3.05) is 13.1 Å². The summed E-state index contributed by atoms with van der Waals surface area (Å²) in [5.41, 5.74) is 3.50. The van der Waals surface area contributed by atoms with Crippen molar-refractivity contribution in [3.8, 4) is 0 Å². The van der Waals surface area contributed by atoms with E-state index in [1.807, 2.05) is 13.8 Å². The van der Waals surface area contributed by atoms with Gasteiger partial charge in [0.15, 0.2) is 0 Å². The lowest BCUT2D eigenvalue weighted by Crippen LogP contribution is -2.22. The first-order valence-electron chi connectivity index (χ1n) is 5.59. The van der Waals surface area contributed by atoms with Gasteiger partial charge in [-0.2, -0.15) is 0 Å². The summed E-state index contributed by atoms with van der Waals surface area (Å²) >= 11 is 0. The van der Waals surface area contributed by atoms with Gasteiger partial charge in [-0.1, -0.05) is 13.8 Å². The molecule has 1 N–H and O–H groups in total. The van der Waals surface area contributed by atoms with E-state index in [2.05, 4.69) is 29.1 Å². The first-order chi connectivity index (χ1) is 7.11. The van der Waals surface area contributed by atoms with E-state index in [1.54, 1.807) is 6.33 Å². The van der Waals surface area contributed by atoms with Crippen LogP contribution in [0.5, 0.6) is 0 Å².